The molecule has 0 atom stereocenters. The second kappa shape index (κ2) is 9.16. The van der Waals surface area contributed by atoms with Gasteiger partial charge in [-0.25, -0.2) is 4.98 Å². The number of carbonyl (C=O) groups excluding carboxylic acids is 2. The Kier molecular flexibility index (Phi) is 6.41. The number of pyridine rings is 1. The van der Waals surface area contributed by atoms with Crippen molar-refractivity contribution in [2.45, 2.75) is 32.7 Å². The molecule has 1 aliphatic rings. The number of hydrogen-bond donors (Lipinski definition) is 2. The molecule has 1 aromatic carbocycles. The quantitative estimate of drug-likeness (QED) is 0.789. The summed E-state index contributed by atoms with van der Waals surface area (Å²) in [4.78, 5) is 30.9. The molecule has 0 aliphatic carbocycles. The summed E-state index contributed by atoms with van der Waals surface area (Å²) in [5, 5.41) is 5.66. The molecule has 0 bridgehead atoms. The maximum Gasteiger partial charge on any atom is 0.251 e. The Hall–Kier alpha value is -2.89. The number of aryl methyl sites for hydroxylation is 1. The average molecular weight is 366 g/mol. The Bertz CT molecular complexity index is 783. The number of carbonyl (C=O) groups is 2. The molecule has 2 N–H and O–H groups in total. The van der Waals surface area contributed by atoms with Crippen LogP contribution in [0.25, 0.3) is 0 Å². The Morgan fingerprint density at radius 1 is 1.07 bits per heavy atom. The molecular weight excluding hydrogens is 340 g/mol. The van der Waals surface area contributed by atoms with Gasteiger partial charge in [-0.15, -0.1) is 0 Å². The van der Waals surface area contributed by atoms with Gasteiger partial charge in [-0.2, -0.15) is 0 Å². The van der Waals surface area contributed by atoms with Gasteiger partial charge in [0.2, 0.25) is 5.91 Å². The van der Waals surface area contributed by atoms with Crippen molar-refractivity contribution in [1.29, 1.82) is 0 Å². The molecule has 3 rings (SSSR count). The van der Waals surface area contributed by atoms with E-state index in [4.69, 9.17) is 0 Å². The fraction of sp³-hybridized carbons (Fsp3) is 0.381. The van der Waals surface area contributed by atoms with Crippen LogP contribution >= 0.6 is 0 Å². The lowest BCUT2D eigenvalue weighted by atomic mass is 10.1. The van der Waals surface area contributed by atoms with E-state index in [2.05, 4.69) is 20.5 Å². The third kappa shape index (κ3) is 5.29. The van der Waals surface area contributed by atoms with Crippen molar-refractivity contribution in [2.75, 3.05) is 24.5 Å². The molecule has 1 fully saturated rings. The highest BCUT2D eigenvalue weighted by atomic mass is 16.2. The molecular formula is C21H26N4O2. The highest BCUT2D eigenvalue weighted by Gasteiger charge is 2.13. The monoisotopic (exact) mass is 366 g/mol. The van der Waals surface area contributed by atoms with E-state index in [0.29, 0.717) is 18.7 Å². The van der Waals surface area contributed by atoms with Gasteiger partial charge in [0.05, 0.1) is 0 Å². The molecule has 1 saturated heterocycles. The molecule has 2 heterocycles. The van der Waals surface area contributed by atoms with E-state index in [0.717, 1.165) is 30.0 Å². The molecule has 2 amide bonds. The number of nitrogens with one attached hydrogen (secondary N) is 2. The first kappa shape index (κ1) is 18.9. The minimum Gasteiger partial charge on any atom is -0.357 e. The fourth-order valence-corrected chi connectivity index (χ4v) is 3.16. The first-order valence-electron chi connectivity index (χ1n) is 9.44. The van der Waals surface area contributed by atoms with Crippen molar-refractivity contribution < 1.29 is 9.59 Å². The number of anilines is 1. The molecule has 0 saturated carbocycles. The van der Waals surface area contributed by atoms with Crippen molar-refractivity contribution in [3.63, 3.8) is 0 Å². The van der Waals surface area contributed by atoms with E-state index in [9.17, 15) is 9.59 Å². The Morgan fingerprint density at radius 2 is 1.85 bits per heavy atom. The van der Waals surface area contributed by atoms with Crippen molar-refractivity contribution >= 4 is 17.6 Å². The first-order chi connectivity index (χ1) is 13.1. The van der Waals surface area contributed by atoms with E-state index >= 15 is 0 Å². The van der Waals surface area contributed by atoms with Gasteiger partial charge in [0.1, 0.15) is 5.82 Å². The van der Waals surface area contributed by atoms with Gasteiger partial charge in [0.25, 0.3) is 5.91 Å². The molecule has 6 heteroatoms. The van der Waals surface area contributed by atoms with Gasteiger partial charge in [0.15, 0.2) is 0 Å². The van der Waals surface area contributed by atoms with Crippen LogP contribution in [0.1, 0.15) is 40.7 Å². The smallest absolute Gasteiger partial charge is 0.251 e. The van der Waals surface area contributed by atoms with Gasteiger partial charge in [-0.05, 0) is 43.0 Å². The van der Waals surface area contributed by atoms with Gasteiger partial charge in [0, 0.05) is 44.4 Å². The molecule has 0 spiro atoms. The summed E-state index contributed by atoms with van der Waals surface area (Å²) in [5.74, 6) is 0.757. The van der Waals surface area contributed by atoms with E-state index in [1.165, 1.54) is 12.8 Å². The summed E-state index contributed by atoms with van der Waals surface area (Å²) in [5.41, 5.74) is 2.53. The van der Waals surface area contributed by atoms with E-state index in [1.807, 2.05) is 43.5 Å². The number of rotatable bonds is 7. The second-order valence-corrected chi connectivity index (χ2v) is 6.82. The standard InChI is InChI=1S/C21H26N4O2/c1-16-6-2-3-7-18(16)21(27)22-11-10-20(26)24-15-17-8-9-19(23-14-17)25-12-4-5-13-25/h2-3,6-9,14H,4-5,10-13,15H2,1H3,(H,22,27)(H,24,26). The molecule has 2 aromatic rings. The van der Waals surface area contributed by atoms with Crippen molar-refractivity contribution in [2.24, 2.45) is 0 Å². The zero-order valence-corrected chi connectivity index (χ0v) is 15.7. The normalized spacial score (nSPS) is 13.4. The van der Waals surface area contributed by atoms with E-state index < -0.39 is 0 Å². The first-order valence-corrected chi connectivity index (χ1v) is 9.44. The number of aromatic nitrogens is 1. The zero-order chi connectivity index (χ0) is 19.1. The number of nitrogens with zero attached hydrogens (tertiary/aromatic N) is 2. The summed E-state index contributed by atoms with van der Waals surface area (Å²) in [6, 6.07) is 11.4. The van der Waals surface area contributed by atoms with Gasteiger partial charge in [-0.3, -0.25) is 9.59 Å². The highest BCUT2D eigenvalue weighted by Crippen LogP contribution is 2.17. The Balaban J connectivity index is 1.38. The van der Waals surface area contributed by atoms with E-state index in [1.54, 1.807) is 6.07 Å². The van der Waals surface area contributed by atoms with Crippen molar-refractivity contribution in [3.8, 4) is 0 Å². The summed E-state index contributed by atoms with van der Waals surface area (Å²) < 4.78 is 0. The SMILES string of the molecule is Cc1ccccc1C(=O)NCCC(=O)NCc1ccc(N2CCCC2)nc1. The second-order valence-electron chi connectivity index (χ2n) is 6.82. The third-order valence-corrected chi connectivity index (χ3v) is 4.76. The van der Waals surface area contributed by atoms with Gasteiger partial charge < -0.3 is 15.5 Å². The minimum atomic E-state index is -0.150. The van der Waals surface area contributed by atoms with Crippen LogP contribution in [-0.2, 0) is 11.3 Å². The number of hydrogen-bond acceptors (Lipinski definition) is 4. The molecule has 0 unspecified atom stereocenters. The Labute approximate surface area is 160 Å². The van der Waals surface area contributed by atoms with Crippen LogP contribution in [0.4, 0.5) is 5.82 Å². The van der Waals surface area contributed by atoms with Crippen LogP contribution in [0.5, 0.6) is 0 Å². The maximum absolute atomic E-state index is 12.1. The lowest BCUT2D eigenvalue weighted by Crippen LogP contribution is -2.30. The minimum absolute atomic E-state index is 0.0938. The van der Waals surface area contributed by atoms with Crippen molar-refractivity contribution in [1.82, 2.24) is 15.6 Å². The topological polar surface area (TPSA) is 74.3 Å². The average Bonchev–Trinajstić information content (AvgIpc) is 3.22. The van der Waals surface area contributed by atoms with Crippen LogP contribution in [0.3, 0.4) is 0 Å². The predicted octanol–water partition coefficient (Wildman–Crippen LogP) is 2.43. The third-order valence-electron chi connectivity index (χ3n) is 4.76. The molecule has 1 aromatic heterocycles. The van der Waals surface area contributed by atoms with Gasteiger partial charge in [-0.1, -0.05) is 24.3 Å². The fourth-order valence-electron chi connectivity index (χ4n) is 3.16. The van der Waals surface area contributed by atoms with Crippen LogP contribution in [0, 0.1) is 6.92 Å². The van der Waals surface area contributed by atoms with Crippen molar-refractivity contribution in [3.05, 3.63) is 59.3 Å². The lowest BCUT2D eigenvalue weighted by molar-refractivity contribution is -0.121. The summed E-state index contributed by atoms with van der Waals surface area (Å²) in [6.45, 7) is 4.78. The van der Waals surface area contributed by atoms with Crippen LogP contribution in [-0.4, -0.2) is 36.4 Å². The summed E-state index contributed by atoms with van der Waals surface area (Å²) in [7, 11) is 0. The highest BCUT2D eigenvalue weighted by molar-refractivity contribution is 5.95. The largest absolute Gasteiger partial charge is 0.357 e. The maximum atomic E-state index is 12.1. The molecule has 1 aliphatic heterocycles. The summed E-state index contributed by atoms with van der Waals surface area (Å²) >= 11 is 0. The summed E-state index contributed by atoms with van der Waals surface area (Å²) in [6.07, 6.45) is 4.50. The van der Waals surface area contributed by atoms with E-state index in [-0.39, 0.29) is 18.2 Å². The molecule has 6 nitrogen and oxygen atoms in total. The lowest BCUT2D eigenvalue weighted by Gasteiger charge is -2.16. The Morgan fingerprint density at radius 3 is 2.56 bits per heavy atom. The zero-order valence-electron chi connectivity index (χ0n) is 15.7. The molecule has 142 valence electrons. The van der Waals surface area contributed by atoms with Crippen LogP contribution < -0.4 is 15.5 Å². The van der Waals surface area contributed by atoms with Crippen LogP contribution in [0.2, 0.25) is 0 Å². The predicted molar refractivity (Wildman–Crippen MR) is 106 cm³/mol. The van der Waals surface area contributed by atoms with Gasteiger partial charge >= 0.3 is 0 Å². The molecule has 27 heavy (non-hydrogen) atoms. The van der Waals surface area contributed by atoms with Crippen LogP contribution in [0.15, 0.2) is 42.6 Å². The number of benzene rings is 1. The molecule has 0 radical (unpaired) electrons. The number of amides is 2.